The van der Waals surface area contributed by atoms with Crippen molar-refractivity contribution in [3.63, 3.8) is 0 Å². The molecule has 0 saturated carbocycles. The van der Waals surface area contributed by atoms with E-state index in [2.05, 4.69) is 15.3 Å². The molecule has 0 radical (unpaired) electrons. The van der Waals surface area contributed by atoms with E-state index in [1.807, 2.05) is 6.07 Å². The predicted octanol–water partition coefficient (Wildman–Crippen LogP) is 2.33. The normalized spacial score (nSPS) is 9.65. The molecule has 3 N–H and O–H groups in total. The van der Waals surface area contributed by atoms with Gasteiger partial charge in [-0.15, -0.1) is 0 Å². The molecule has 0 aliphatic heterocycles. The van der Waals surface area contributed by atoms with Crippen molar-refractivity contribution in [3.05, 3.63) is 41.2 Å². The molecule has 0 atom stereocenters. The third-order valence-electron chi connectivity index (χ3n) is 2.02. The lowest BCUT2D eigenvalue weighted by atomic mass is 10.2. The van der Waals surface area contributed by atoms with Crippen molar-refractivity contribution in [1.82, 2.24) is 9.97 Å². The lowest BCUT2D eigenvalue weighted by Crippen LogP contribution is -1.98. The number of nitriles is 1. The van der Waals surface area contributed by atoms with Gasteiger partial charge in [-0.1, -0.05) is 11.6 Å². The highest BCUT2D eigenvalue weighted by atomic mass is 35.5. The number of halogens is 1. The Morgan fingerprint density at radius 3 is 2.82 bits per heavy atom. The standard InChI is InChI=1S/C11H8ClN5/c12-9-3-8(2-1-7(9)4-13)16-11-6-15-5-10(14)17-11/h1-3,5-6H,(H3,14,16,17). The summed E-state index contributed by atoms with van der Waals surface area (Å²) in [4.78, 5) is 7.94. The number of anilines is 3. The van der Waals surface area contributed by atoms with Gasteiger partial charge in [-0.25, -0.2) is 4.98 Å². The molecule has 1 aromatic carbocycles. The van der Waals surface area contributed by atoms with Crippen molar-refractivity contribution >= 4 is 28.9 Å². The maximum absolute atomic E-state index is 8.74. The van der Waals surface area contributed by atoms with Crippen LogP contribution in [0, 0.1) is 11.3 Å². The van der Waals surface area contributed by atoms with Crippen LogP contribution in [0.3, 0.4) is 0 Å². The van der Waals surface area contributed by atoms with Crippen molar-refractivity contribution < 1.29 is 0 Å². The Labute approximate surface area is 103 Å². The second kappa shape index (κ2) is 4.68. The van der Waals surface area contributed by atoms with Gasteiger partial charge in [0.05, 0.1) is 23.0 Å². The van der Waals surface area contributed by atoms with Crippen molar-refractivity contribution in [1.29, 1.82) is 5.26 Å². The SMILES string of the molecule is N#Cc1ccc(Nc2cncc(N)n2)cc1Cl. The predicted molar refractivity (Wildman–Crippen MR) is 65.9 cm³/mol. The zero-order valence-electron chi connectivity index (χ0n) is 8.68. The molecule has 6 heteroatoms. The number of nitrogens with one attached hydrogen (secondary N) is 1. The fraction of sp³-hybridized carbons (Fsp3) is 0. The van der Waals surface area contributed by atoms with E-state index < -0.39 is 0 Å². The van der Waals surface area contributed by atoms with Gasteiger partial charge in [0.15, 0.2) is 5.82 Å². The Kier molecular flexibility index (Phi) is 3.08. The van der Waals surface area contributed by atoms with Gasteiger partial charge >= 0.3 is 0 Å². The molecule has 0 amide bonds. The first-order valence-electron chi connectivity index (χ1n) is 4.73. The molecule has 0 aliphatic rings. The van der Waals surface area contributed by atoms with Crippen LogP contribution in [-0.4, -0.2) is 9.97 Å². The lowest BCUT2D eigenvalue weighted by molar-refractivity contribution is 1.21. The van der Waals surface area contributed by atoms with E-state index in [4.69, 9.17) is 22.6 Å². The van der Waals surface area contributed by atoms with Crippen LogP contribution in [-0.2, 0) is 0 Å². The summed E-state index contributed by atoms with van der Waals surface area (Å²) in [6, 6.07) is 6.99. The van der Waals surface area contributed by atoms with E-state index in [1.54, 1.807) is 24.4 Å². The Hall–Kier alpha value is -2.32. The average Bonchev–Trinajstić information content (AvgIpc) is 2.29. The van der Waals surface area contributed by atoms with Gasteiger partial charge in [-0.05, 0) is 18.2 Å². The van der Waals surface area contributed by atoms with Gasteiger partial charge in [-0.3, -0.25) is 4.98 Å². The molecule has 2 aromatic rings. The van der Waals surface area contributed by atoms with Crippen LogP contribution < -0.4 is 11.1 Å². The maximum atomic E-state index is 8.74. The first-order chi connectivity index (χ1) is 8.19. The number of benzene rings is 1. The molecule has 0 spiro atoms. The molecule has 0 aliphatic carbocycles. The number of rotatable bonds is 2. The zero-order chi connectivity index (χ0) is 12.3. The quantitative estimate of drug-likeness (QED) is 0.848. The summed E-state index contributed by atoms with van der Waals surface area (Å²) in [7, 11) is 0. The smallest absolute Gasteiger partial charge is 0.151 e. The van der Waals surface area contributed by atoms with Crippen LogP contribution in [0.15, 0.2) is 30.6 Å². The molecule has 17 heavy (non-hydrogen) atoms. The number of nitrogens with zero attached hydrogens (tertiary/aromatic N) is 3. The number of hydrogen-bond acceptors (Lipinski definition) is 5. The first-order valence-corrected chi connectivity index (χ1v) is 5.11. The summed E-state index contributed by atoms with van der Waals surface area (Å²) in [5.74, 6) is 0.848. The highest BCUT2D eigenvalue weighted by Gasteiger charge is 2.02. The minimum Gasteiger partial charge on any atom is -0.382 e. The average molecular weight is 246 g/mol. The summed E-state index contributed by atoms with van der Waals surface area (Å²) < 4.78 is 0. The molecule has 0 saturated heterocycles. The topological polar surface area (TPSA) is 87.6 Å². The molecule has 0 fully saturated rings. The van der Waals surface area contributed by atoms with Crippen LogP contribution in [0.5, 0.6) is 0 Å². The number of aromatic nitrogens is 2. The fourth-order valence-electron chi connectivity index (χ4n) is 1.27. The van der Waals surface area contributed by atoms with Crippen LogP contribution in [0.2, 0.25) is 5.02 Å². The third-order valence-corrected chi connectivity index (χ3v) is 2.33. The van der Waals surface area contributed by atoms with E-state index in [-0.39, 0.29) is 0 Å². The maximum Gasteiger partial charge on any atom is 0.151 e. The molecule has 2 rings (SSSR count). The zero-order valence-corrected chi connectivity index (χ0v) is 9.44. The Balaban J connectivity index is 2.25. The van der Waals surface area contributed by atoms with Crippen molar-refractivity contribution in [3.8, 4) is 6.07 Å². The minimum atomic E-state index is 0.328. The van der Waals surface area contributed by atoms with Crippen molar-refractivity contribution in [2.45, 2.75) is 0 Å². The van der Waals surface area contributed by atoms with Gasteiger partial charge in [0.25, 0.3) is 0 Å². The Bertz CT molecular complexity index is 591. The van der Waals surface area contributed by atoms with E-state index >= 15 is 0 Å². The van der Waals surface area contributed by atoms with Crippen LogP contribution in [0.4, 0.5) is 17.3 Å². The largest absolute Gasteiger partial charge is 0.382 e. The molecule has 84 valence electrons. The molecule has 0 unspecified atom stereocenters. The van der Waals surface area contributed by atoms with Crippen LogP contribution in [0.25, 0.3) is 0 Å². The second-order valence-electron chi connectivity index (χ2n) is 3.26. The van der Waals surface area contributed by atoms with E-state index in [0.29, 0.717) is 27.9 Å². The first kappa shape index (κ1) is 11.2. The molecule has 1 heterocycles. The molecule has 5 nitrogen and oxygen atoms in total. The Morgan fingerprint density at radius 2 is 2.18 bits per heavy atom. The number of nitrogen functional groups attached to an aromatic ring is 1. The summed E-state index contributed by atoms with van der Waals surface area (Å²) in [6.45, 7) is 0. The molecular weight excluding hydrogens is 238 g/mol. The van der Waals surface area contributed by atoms with Crippen LogP contribution in [0.1, 0.15) is 5.56 Å². The summed E-state index contributed by atoms with van der Waals surface area (Å²) in [6.07, 6.45) is 3.00. The summed E-state index contributed by atoms with van der Waals surface area (Å²) in [5, 5.41) is 12.1. The van der Waals surface area contributed by atoms with Gasteiger partial charge < -0.3 is 11.1 Å². The van der Waals surface area contributed by atoms with E-state index in [1.165, 1.54) is 6.20 Å². The Morgan fingerprint density at radius 1 is 1.35 bits per heavy atom. The number of hydrogen-bond donors (Lipinski definition) is 2. The monoisotopic (exact) mass is 245 g/mol. The molecule has 0 bridgehead atoms. The van der Waals surface area contributed by atoms with Gasteiger partial charge in [0.2, 0.25) is 0 Å². The lowest BCUT2D eigenvalue weighted by Gasteiger charge is -2.06. The van der Waals surface area contributed by atoms with Gasteiger partial charge in [0.1, 0.15) is 11.9 Å². The van der Waals surface area contributed by atoms with Crippen LogP contribution >= 0.6 is 11.6 Å². The minimum absolute atomic E-state index is 0.328. The summed E-state index contributed by atoms with van der Waals surface area (Å²) in [5.41, 5.74) is 6.65. The summed E-state index contributed by atoms with van der Waals surface area (Å²) >= 11 is 5.90. The highest BCUT2D eigenvalue weighted by molar-refractivity contribution is 6.32. The second-order valence-corrected chi connectivity index (χ2v) is 3.67. The molecular formula is C11H8ClN5. The highest BCUT2D eigenvalue weighted by Crippen LogP contribution is 2.22. The third kappa shape index (κ3) is 2.62. The van der Waals surface area contributed by atoms with Gasteiger partial charge in [0, 0.05) is 5.69 Å². The van der Waals surface area contributed by atoms with Gasteiger partial charge in [-0.2, -0.15) is 5.26 Å². The molecule has 1 aromatic heterocycles. The van der Waals surface area contributed by atoms with Crippen molar-refractivity contribution in [2.75, 3.05) is 11.1 Å². The van der Waals surface area contributed by atoms with E-state index in [9.17, 15) is 0 Å². The van der Waals surface area contributed by atoms with Crippen molar-refractivity contribution in [2.24, 2.45) is 0 Å². The number of nitrogens with two attached hydrogens (primary N) is 1. The van der Waals surface area contributed by atoms with E-state index in [0.717, 1.165) is 0 Å². The fourth-order valence-corrected chi connectivity index (χ4v) is 1.50.